The summed E-state index contributed by atoms with van der Waals surface area (Å²) in [6, 6.07) is 7.62. The van der Waals surface area contributed by atoms with Crippen LogP contribution in [-0.2, 0) is 26.4 Å². The summed E-state index contributed by atoms with van der Waals surface area (Å²) in [5.74, 6) is 0.340. The van der Waals surface area contributed by atoms with E-state index in [1.54, 1.807) is 11.7 Å². The molecule has 5 rings (SSSR count). The SMILES string of the molecule is CNC(=O)C1(n2c(=O)c3c(C)c(Br)sc3n(C[C@H](OC3CCOCC3)c3ccccc3OC)c2=O)CCC1. The van der Waals surface area contributed by atoms with Gasteiger partial charge in [0.2, 0.25) is 5.91 Å². The standard InChI is InChI=1S/C27H32BrN3O6S/c1-16-21-23(32)31(27(11-6-12-27)25(33)29-2)26(34)30(24(21)38-22(16)28)15-20(37-17-9-13-36-14-10-17)18-7-4-5-8-19(18)35-3/h4-5,7-8,17,20H,6,9-15H2,1-3H3,(H,29,33)/t20-/m0/s1. The minimum absolute atomic E-state index is 0.0450. The fourth-order valence-electron chi connectivity index (χ4n) is 5.51. The van der Waals surface area contributed by atoms with Gasteiger partial charge in [-0.15, -0.1) is 11.3 Å². The normalized spacial score (nSPS) is 18.2. The maximum Gasteiger partial charge on any atom is 0.333 e. The first kappa shape index (κ1) is 27.1. The fourth-order valence-corrected chi connectivity index (χ4v) is 7.20. The van der Waals surface area contributed by atoms with Crippen LogP contribution in [0, 0.1) is 6.92 Å². The molecule has 9 nitrogen and oxygen atoms in total. The van der Waals surface area contributed by atoms with Crippen molar-refractivity contribution in [1.82, 2.24) is 14.5 Å². The van der Waals surface area contributed by atoms with Gasteiger partial charge in [-0.05, 0) is 66.6 Å². The third kappa shape index (κ3) is 4.53. The molecule has 3 aromatic rings. The lowest BCUT2D eigenvalue weighted by molar-refractivity contribution is -0.134. The van der Waals surface area contributed by atoms with Crippen molar-refractivity contribution in [2.45, 2.75) is 63.3 Å². The molecule has 1 aromatic carbocycles. The third-order valence-electron chi connectivity index (χ3n) is 7.77. The molecule has 2 aromatic heterocycles. The molecular weight excluding hydrogens is 574 g/mol. The van der Waals surface area contributed by atoms with Crippen LogP contribution in [0.2, 0.25) is 0 Å². The van der Waals surface area contributed by atoms with Gasteiger partial charge in [0.05, 0.1) is 28.9 Å². The van der Waals surface area contributed by atoms with Crippen molar-refractivity contribution in [3.8, 4) is 5.75 Å². The number of ether oxygens (including phenoxy) is 3. The van der Waals surface area contributed by atoms with Gasteiger partial charge in [-0.2, -0.15) is 0 Å². The summed E-state index contributed by atoms with van der Waals surface area (Å²) in [5.41, 5.74) is -0.557. The minimum Gasteiger partial charge on any atom is -0.496 e. The van der Waals surface area contributed by atoms with Gasteiger partial charge < -0.3 is 19.5 Å². The Hall–Kier alpha value is -2.47. The monoisotopic (exact) mass is 605 g/mol. The molecule has 1 saturated carbocycles. The number of hydrogen-bond acceptors (Lipinski definition) is 7. The van der Waals surface area contributed by atoms with Crippen molar-refractivity contribution in [2.75, 3.05) is 27.4 Å². The lowest BCUT2D eigenvalue weighted by Gasteiger charge is -2.41. The van der Waals surface area contributed by atoms with E-state index in [4.69, 9.17) is 14.2 Å². The largest absolute Gasteiger partial charge is 0.496 e. The maximum absolute atomic E-state index is 14.2. The van der Waals surface area contributed by atoms with E-state index in [0.717, 1.165) is 34.2 Å². The van der Waals surface area contributed by atoms with E-state index in [1.165, 1.54) is 23.0 Å². The van der Waals surface area contributed by atoms with Gasteiger partial charge in [-0.1, -0.05) is 18.2 Å². The fraction of sp³-hybridized carbons (Fsp3) is 0.519. The first-order chi connectivity index (χ1) is 18.3. The average molecular weight is 607 g/mol. The van der Waals surface area contributed by atoms with Crippen LogP contribution in [0.1, 0.15) is 49.3 Å². The number of benzene rings is 1. The number of hydrogen-bond donors (Lipinski definition) is 1. The molecule has 0 spiro atoms. The van der Waals surface area contributed by atoms with E-state index in [0.29, 0.717) is 42.0 Å². The number of para-hydroxylation sites is 1. The van der Waals surface area contributed by atoms with E-state index in [2.05, 4.69) is 21.2 Å². The van der Waals surface area contributed by atoms with E-state index < -0.39 is 22.9 Å². The minimum atomic E-state index is -1.19. The lowest BCUT2D eigenvalue weighted by Crippen LogP contribution is -2.61. The summed E-state index contributed by atoms with van der Waals surface area (Å²) in [4.78, 5) is 41.7. The van der Waals surface area contributed by atoms with E-state index in [1.807, 2.05) is 31.2 Å². The van der Waals surface area contributed by atoms with Gasteiger partial charge in [0, 0.05) is 25.8 Å². The number of carbonyl (C=O) groups excluding carboxylic acids is 1. The average Bonchev–Trinajstić information content (AvgIpc) is 3.21. The van der Waals surface area contributed by atoms with Gasteiger partial charge >= 0.3 is 5.69 Å². The van der Waals surface area contributed by atoms with Crippen molar-refractivity contribution >= 4 is 43.4 Å². The van der Waals surface area contributed by atoms with Gasteiger partial charge in [0.1, 0.15) is 22.2 Å². The quantitative estimate of drug-likeness (QED) is 0.418. The van der Waals surface area contributed by atoms with Crippen LogP contribution in [0.4, 0.5) is 0 Å². The molecular formula is C27H32BrN3O6S. The predicted molar refractivity (Wildman–Crippen MR) is 149 cm³/mol. The lowest BCUT2D eigenvalue weighted by atomic mass is 9.75. The van der Waals surface area contributed by atoms with Gasteiger partial charge in [-0.3, -0.25) is 14.2 Å². The zero-order valence-corrected chi connectivity index (χ0v) is 24.2. The van der Waals surface area contributed by atoms with E-state index in [-0.39, 0.29) is 18.6 Å². The van der Waals surface area contributed by atoms with Crippen LogP contribution in [0.25, 0.3) is 10.2 Å². The van der Waals surface area contributed by atoms with Crippen molar-refractivity contribution in [1.29, 1.82) is 0 Å². The van der Waals surface area contributed by atoms with Crippen molar-refractivity contribution in [3.63, 3.8) is 0 Å². The van der Waals surface area contributed by atoms with Crippen LogP contribution in [-0.4, -0.2) is 48.5 Å². The number of fused-ring (bicyclic) bond motifs is 1. The number of amides is 1. The Morgan fingerprint density at radius 2 is 1.97 bits per heavy atom. The summed E-state index contributed by atoms with van der Waals surface area (Å²) < 4.78 is 21.4. The summed E-state index contributed by atoms with van der Waals surface area (Å²) in [6.07, 6.45) is 2.56. The number of thiophene rings is 1. The van der Waals surface area contributed by atoms with Crippen molar-refractivity contribution < 1.29 is 19.0 Å². The van der Waals surface area contributed by atoms with Crippen molar-refractivity contribution in [2.24, 2.45) is 0 Å². The highest BCUT2D eigenvalue weighted by Crippen LogP contribution is 2.40. The second-order valence-corrected chi connectivity index (χ2v) is 12.2. The molecule has 11 heteroatoms. The summed E-state index contributed by atoms with van der Waals surface area (Å²) in [7, 11) is 3.15. The highest BCUT2D eigenvalue weighted by atomic mass is 79.9. The molecule has 1 amide bonds. The molecule has 2 fully saturated rings. The maximum atomic E-state index is 14.2. The number of aryl methyl sites for hydroxylation is 1. The molecule has 1 atom stereocenters. The zero-order chi connectivity index (χ0) is 27.0. The number of nitrogens with zero attached hydrogens (tertiary/aromatic N) is 2. The summed E-state index contributed by atoms with van der Waals surface area (Å²) >= 11 is 4.92. The zero-order valence-electron chi connectivity index (χ0n) is 21.8. The van der Waals surface area contributed by atoms with E-state index >= 15 is 0 Å². The summed E-state index contributed by atoms with van der Waals surface area (Å²) in [6.45, 7) is 3.24. The van der Waals surface area contributed by atoms with Gasteiger partial charge in [0.25, 0.3) is 5.56 Å². The smallest absolute Gasteiger partial charge is 0.333 e. The Kier molecular flexibility index (Phi) is 7.82. The second kappa shape index (κ2) is 11.0. The predicted octanol–water partition coefficient (Wildman–Crippen LogP) is 3.87. The van der Waals surface area contributed by atoms with Crippen LogP contribution >= 0.6 is 27.3 Å². The Morgan fingerprint density at radius 1 is 1.26 bits per heavy atom. The van der Waals surface area contributed by atoms with Crippen LogP contribution in [0.5, 0.6) is 5.75 Å². The van der Waals surface area contributed by atoms with Crippen molar-refractivity contribution in [3.05, 3.63) is 60.0 Å². The Labute approximate surface area is 232 Å². The summed E-state index contributed by atoms with van der Waals surface area (Å²) in [5, 5.41) is 3.12. The molecule has 1 aliphatic carbocycles. The second-order valence-electron chi connectivity index (χ2n) is 9.86. The molecule has 38 heavy (non-hydrogen) atoms. The molecule has 0 bridgehead atoms. The molecule has 204 valence electrons. The van der Waals surface area contributed by atoms with Gasteiger partial charge in [0.15, 0.2) is 0 Å². The van der Waals surface area contributed by atoms with Gasteiger partial charge in [-0.25, -0.2) is 9.36 Å². The number of aromatic nitrogens is 2. The Morgan fingerprint density at radius 3 is 2.61 bits per heavy atom. The number of rotatable bonds is 8. The first-order valence-electron chi connectivity index (χ1n) is 12.9. The first-order valence-corrected chi connectivity index (χ1v) is 14.5. The number of methoxy groups -OCH3 is 1. The van der Waals surface area contributed by atoms with Crippen LogP contribution < -0.4 is 21.3 Å². The molecule has 1 saturated heterocycles. The highest BCUT2D eigenvalue weighted by molar-refractivity contribution is 9.11. The Bertz CT molecular complexity index is 1470. The molecule has 2 aliphatic rings. The number of likely N-dealkylation sites (N-methyl/N-ethyl adjacent to an activating group) is 1. The number of carbonyl (C=O) groups is 1. The van der Waals surface area contributed by atoms with E-state index in [9.17, 15) is 14.4 Å². The Balaban J connectivity index is 1.71. The molecule has 3 heterocycles. The van der Waals surface area contributed by atoms with Crippen LogP contribution in [0.15, 0.2) is 37.6 Å². The molecule has 0 radical (unpaired) electrons. The van der Waals surface area contributed by atoms with Crippen LogP contribution in [0.3, 0.4) is 0 Å². The topological polar surface area (TPSA) is 101 Å². The highest BCUT2D eigenvalue weighted by Gasteiger charge is 2.48. The number of nitrogens with one attached hydrogen (secondary N) is 1. The molecule has 0 unspecified atom stereocenters. The third-order valence-corrected chi connectivity index (χ3v) is 9.96. The molecule has 1 aliphatic heterocycles. The number of halogens is 1. The molecule has 1 N–H and O–H groups in total.